The molecule has 0 radical (unpaired) electrons. The van der Waals surface area contributed by atoms with Crippen LogP contribution in [0.1, 0.15) is 30.8 Å². The summed E-state index contributed by atoms with van der Waals surface area (Å²) in [5.41, 5.74) is 0. The number of amides is 1. The molecule has 0 aromatic carbocycles. The first kappa shape index (κ1) is 12.3. The Balaban J connectivity index is 2.60. The van der Waals surface area contributed by atoms with Crippen molar-refractivity contribution in [2.45, 2.75) is 20.3 Å². The first-order valence-corrected chi connectivity index (χ1v) is 5.84. The van der Waals surface area contributed by atoms with Gasteiger partial charge in [-0.25, -0.2) is 0 Å². The number of rotatable bonds is 4. The number of hydrogen-bond acceptors (Lipinski definition) is 2. The van der Waals surface area contributed by atoms with Gasteiger partial charge in [-0.1, -0.05) is 20.3 Å². The summed E-state index contributed by atoms with van der Waals surface area (Å²) < 4.78 is 5.79. The molecule has 0 saturated heterocycles. The fraction of sp³-hybridized carbons (Fsp3) is 0.545. The van der Waals surface area contributed by atoms with Crippen LogP contribution in [0.2, 0.25) is 0 Å². The molecule has 1 heterocycles. The lowest BCUT2D eigenvalue weighted by atomic mass is 10.1. The van der Waals surface area contributed by atoms with Gasteiger partial charge in [0.15, 0.2) is 10.4 Å². The number of nitrogens with zero attached hydrogens (tertiary/aromatic N) is 1. The molecule has 0 N–H and O–H groups in total. The van der Waals surface area contributed by atoms with Gasteiger partial charge >= 0.3 is 0 Å². The van der Waals surface area contributed by atoms with E-state index in [1.54, 1.807) is 24.1 Å². The Hall–Kier alpha value is -0.770. The first-order chi connectivity index (χ1) is 7.04. The molecule has 1 rings (SSSR count). The van der Waals surface area contributed by atoms with Gasteiger partial charge in [0.05, 0.1) is 0 Å². The highest BCUT2D eigenvalue weighted by atomic mass is 79.9. The van der Waals surface area contributed by atoms with E-state index in [2.05, 4.69) is 29.8 Å². The molecule has 15 heavy (non-hydrogen) atoms. The fourth-order valence-corrected chi connectivity index (χ4v) is 1.60. The van der Waals surface area contributed by atoms with Crippen LogP contribution in [-0.4, -0.2) is 24.4 Å². The van der Waals surface area contributed by atoms with Crippen LogP contribution >= 0.6 is 15.9 Å². The molecule has 0 bridgehead atoms. The fourth-order valence-electron chi connectivity index (χ4n) is 1.30. The number of hydrogen-bond donors (Lipinski definition) is 0. The number of furan rings is 1. The lowest BCUT2D eigenvalue weighted by Crippen LogP contribution is -2.30. The molecule has 4 heteroatoms. The maximum absolute atomic E-state index is 11.8. The lowest BCUT2D eigenvalue weighted by Gasteiger charge is -2.19. The Morgan fingerprint density at radius 1 is 1.60 bits per heavy atom. The summed E-state index contributed by atoms with van der Waals surface area (Å²) in [7, 11) is 1.80. The minimum Gasteiger partial charge on any atom is -0.444 e. The highest BCUT2D eigenvalue weighted by molar-refractivity contribution is 9.10. The molecule has 1 amide bonds. The SMILES string of the molecule is CCC(C)CN(C)C(=O)c1ccc(Br)o1. The van der Waals surface area contributed by atoms with Crippen LogP contribution < -0.4 is 0 Å². The van der Waals surface area contributed by atoms with Crippen LogP contribution in [0.25, 0.3) is 0 Å². The molecule has 0 fully saturated rings. The van der Waals surface area contributed by atoms with Gasteiger partial charge in [0, 0.05) is 13.6 Å². The predicted octanol–water partition coefficient (Wildman–Crippen LogP) is 3.16. The molecule has 1 aromatic rings. The minimum absolute atomic E-state index is 0.0685. The third-order valence-corrected chi connectivity index (χ3v) is 2.84. The van der Waals surface area contributed by atoms with Gasteiger partial charge in [0.25, 0.3) is 5.91 Å². The van der Waals surface area contributed by atoms with Gasteiger partial charge in [-0.3, -0.25) is 4.79 Å². The molecule has 0 saturated carbocycles. The quantitative estimate of drug-likeness (QED) is 0.845. The molecule has 1 unspecified atom stereocenters. The highest BCUT2D eigenvalue weighted by Gasteiger charge is 2.16. The molecule has 1 aromatic heterocycles. The molecule has 0 aliphatic heterocycles. The molecular formula is C11H16BrNO2. The number of carbonyl (C=O) groups excluding carboxylic acids is 1. The van der Waals surface area contributed by atoms with Crippen LogP contribution in [0, 0.1) is 5.92 Å². The predicted molar refractivity (Wildman–Crippen MR) is 62.8 cm³/mol. The monoisotopic (exact) mass is 273 g/mol. The van der Waals surface area contributed by atoms with Crippen molar-refractivity contribution in [1.82, 2.24) is 4.90 Å². The van der Waals surface area contributed by atoms with Crippen LogP contribution in [0.3, 0.4) is 0 Å². The Kier molecular flexibility index (Phi) is 4.39. The second kappa shape index (κ2) is 5.35. The van der Waals surface area contributed by atoms with Gasteiger partial charge in [0.1, 0.15) is 0 Å². The van der Waals surface area contributed by atoms with Crippen LogP contribution in [-0.2, 0) is 0 Å². The van der Waals surface area contributed by atoms with E-state index in [4.69, 9.17) is 4.42 Å². The molecule has 84 valence electrons. The van der Waals surface area contributed by atoms with E-state index in [9.17, 15) is 4.79 Å². The zero-order valence-electron chi connectivity index (χ0n) is 9.29. The standard InChI is InChI=1S/C11H16BrNO2/c1-4-8(2)7-13(3)11(14)9-5-6-10(12)15-9/h5-6,8H,4,7H2,1-3H3. The molecule has 1 atom stereocenters. The normalized spacial score (nSPS) is 12.5. The van der Waals surface area contributed by atoms with E-state index in [0.717, 1.165) is 13.0 Å². The summed E-state index contributed by atoms with van der Waals surface area (Å²) in [6.07, 6.45) is 1.07. The van der Waals surface area contributed by atoms with Gasteiger partial charge < -0.3 is 9.32 Å². The Morgan fingerprint density at radius 2 is 2.27 bits per heavy atom. The first-order valence-electron chi connectivity index (χ1n) is 5.05. The summed E-state index contributed by atoms with van der Waals surface area (Å²) in [6.45, 7) is 5.00. The van der Waals surface area contributed by atoms with E-state index in [-0.39, 0.29) is 5.91 Å². The second-order valence-electron chi connectivity index (χ2n) is 3.80. The summed E-state index contributed by atoms with van der Waals surface area (Å²) in [6, 6.07) is 3.41. The van der Waals surface area contributed by atoms with Crippen molar-refractivity contribution in [3.8, 4) is 0 Å². The zero-order chi connectivity index (χ0) is 11.4. The van der Waals surface area contributed by atoms with Crippen molar-refractivity contribution in [3.05, 3.63) is 22.6 Å². The van der Waals surface area contributed by atoms with E-state index in [1.807, 2.05) is 0 Å². The zero-order valence-corrected chi connectivity index (χ0v) is 10.9. The van der Waals surface area contributed by atoms with Crippen molar-refractivity contribution in [3.63, 3.8) is 0 Å². The van der Waals surface area contributed by atoms with Gasteiger partial charge in [-0.15, -0.1) is 0 Å². The van der Waals surface area contributed by atoms with E-state index >= 15 is 0 Å². The van der Waals surface area contributed by atoms with Crippen molar-refractivity contribution in [1.29, 1.82) is 0 Å². The Bertz CT molecular complexity index is 335. The molecule has 0 aliphatic rings. The van der Waals surface area contributed by atoms with Crippen LogP contribution in [0.5, 0.6) is 0 Å². The highest BCUT2D eigenvalue weighted by Crippen LogP contribution is 2.16. The smallest absolute Gasteiger partial charge is 0.289 e. The Morgan fingerprint density at radius 3 is 2.73 bits per heavy atom. The topological polar surface area (TPSA) is 33.5 Å². The molecule has 3 nitrogen and oxygen atoms in total. The molecular weight excluding hydrogens is 258 g/mol. The van der Waals surface area contributed by atoms with E-state index < -0.39 is 0 Å². The van der Waals surface area contributed by atoms with Crippen LogP contribution in [0.4, 0.5) is 0 Å². The minimum atomic E-state index is -0.0685. The Labute approximate surface area is 98.6 Å². The molecule has 0 spiro atoms. The van der Waals surface area contributed by atoms with Crippen molar-refractivity contribution in [2.24, 2.45) is 5.92 Å². The summed E-state index contributed by atoms with van der Waals surface area (Å²) in [4.78, 5) is 13.5. The van der Waals surface area contributed by atoms with E-state index in [0.29, 0.717) is 16.3 Å². The lowest BCUT2D eigenvalue weighted by molar-refractivity contribution is 0.0742. The van der Waals surface area contributed by atoms with Gasteiger partial charge in [0.2, 0.25) is 0 Å². The average Bonchev–Trinajstić information content (AvgIpc) is 2.63. The molecule has 0 aliphatic carbocycles. The summed E-state index contributed by atoms with van der Waals surface area (Å²) in [5, 5.41) is 0. The van der Waals surface area contributed by atoms with Crippen molar-refractivity contribution >= 4 is 21.8 Å². The largest absolute Gasteiger partial charge is 0.444 e. The van der Waals surface area contributed by atoms with Gasteiger partial charge in [-0.05, 0) is 34.0 Å². The van der Waals surface area contributed by atoms with Crippen molar-refractivity contribution < 1.29 is 9.21 Å². The number of halogens is 1. The maximum atomic E-state index is 11.8. The van der Waals surface area contributed by atoms with Gasteiger partial charge in [-0.2, -0.15) is 0 Å². The van der Waals surface area contributed by atoms with Crippen molar-refractivity contribution in [2.75, 3.05) is 13.6 Å². The third kappa shape index (κ3) is 3.38. The summed E-state index contributed by atoms with van der Waals surface area (Å²) in [5.74, 6) is 0.825. The van der Waals surface area contributed by atoms with Crippen LogP contribution in [0.15, 0.2) is 21.2 Å². The van der Waals surface area contributed by atoms with E-state index in [1.165, 1.54) is 0 Å². The second-order valence-corrected chi connectivity index (χ2v) is 4.58. The summed E-state index contributed by atoms with van der Waals surface area (Å²) >= 11 is 3.18. The average molecular weight is 274 g/mol. The third-order valence-electron chi connectivity index (χ3n) is 2.41. The number of carbonyl (C=O) groups is 1. The maximum Gasteiger partial charge on any atom is 0.289 e.